The maximum atomic E-state index is 12.0. The summed E-state index contributed by atoms with van der Waals surface area (Å²) >= 11 is 0. The fraction of sp³-hybridized carbons (Fsp3) is 0.462. The largest absolute Gasteiger partial charge is 0.481 e. The average molecular weight is 320 g/mol. The van der Waals surface area contributed by atoms with Crippen LogP contribution >= 0.6 is 0 Å². The number of aromatic nitrogens is 1. The molecular formula is C13H15F3N2O4. The first-order chi connectivity index (χ1) is 10.0. The summed E-state index contributed by atoms with van der Waals surface area (Å²) in [4.78, 5) is 26.3. The van der Waals surface area contributed by atoms with Crippen molar-refractivity contribution in [1.82, 2.24) is 10.3 Å². The standard InChI is InChI=1S/C13H15F3N2O4/c1-12(2,11(20)21)6-18-10(19)8-3-4-17-9(5-8)22-7-13(14,15)16/h3-5H,6-7H2,1-2H3,(H,18,19)(H,20,21). The van der Waals surface area contributed by atoms with Crippen LogP contribution in [0.4, 0.5) is 13.2 Å². The van der Waals surface area contributed by atoms with E-state index in [9.17, 15) is 22.8 Å². The molecule has 1 aromatic rings. The van der Waals surface area contributed by atoms with Gasteiger partial charge in [0.1, 0.15) is 0 Å². The third kappa shape index (κ3) is 5.58. The zero-order chi connectivity index (χ0) is 17.0. The van der Waals surface area contributed by atoms with Crippen molar-refractivity contribution in [2.24, 2.45) is 5.41 Å². The number of ether oxygens (including phenoxy) is 1. The van der Waals surface area contributed by atoms with E-state index in [1.54, 1.807) is 0 Å². The van der Waals surface area contributed by atoms with Crippen LogP contribution in [0.5, 0.6) is 5.88 Å². The van der Waals surface area contributed by atoms with Gasteiger partial charge in [0.25, 0.3) is 5.91 Å². The number of carbonyl (C=O) groups is 2. The maximum absolute atomic E-state index is 12.0. The highest BCUT2D eigenvalue weighted by Crippen LogP contribution is 2.18. The normalized spacial score (nSPS) is 11.9. The van der Waals surface area contributed by atoms with E-state index in [0.717, 1.165) is 12.3 Å². The molecule has 0 spiro atoms. The molecule has 2 N–H and O–H groups in total. The summed E-state index contributed by atoms with van der Waals surface area (Å²) in [6.45, 7) is 1.21. The predicted molar refractivity (Wildman–Crippen MR) is 69.5 cm³/mol. The van der Waals surface area contributed by atoms with Gasteiger partial charge < -0.3 is 15.2 Å². The van der Waals surface area contributed by atoms with Crippen LogP contribution in [0.25, 0.3) is 0 Å². The Morgan fingerprint density at radius 1 is 1.36 bits per heavy atom. The molecule has 0 aliphatic carbocycles. The van der Waals surface area contributed by atoms with Crippen LogP contribution < -0.4 is 10.1 Å². The van der Waals surface area contributed by atoms with Crippen molar-refractivity contribution in [2.45, 2.75) is 20.0 Å². The Labute approximate surface area is 124 Å². The van der Waals surface area contributed by atoms with Gasteiger partial charge in [0.05, 0.1) is 5.41 Å². The highest BCUT2D eigenvalue weighted by Gasteiger charge is 2.29. The van der Waals surface area contributed by atoms with E-state index in [0.29, 0.717) is 0 Å². The highest BCUT2D eigenvalue weighted by molar-refractivity contribution is 5.94. The smallest absolute Gasteiger partial charge is 0.422 e. The number of nitrogens with zero attached hydrogens (tertiary/aromatic N) is 1. The minimum absolute atomic E-state index is 0.0216. The molecule has 0 saturated heterocycles. The van der Waals surface area contributed by atoms with Gasteiger partial charge >= 0.3 is 12.1 Å². The molecule has 22 heavy (non-hydrogen) atoms. The Morgan fingerprint density at radius 2 is 2.00 bits per heavy atom. The number of hydrogen-bond acceptors (Lipinski definition) is 4. The van der Waals surface area contributed by atoms with Crippen LogP contribution in [-0.2, 0) is 4.79 Å². The van der Waals surface area contributed by atoms with Crippen LogP contribution in [0, 0.1) is 5.41 Å². The molecule has 1 rings (SSSR count). The van der Waals surface area contributed by atoms with Gasteiger partial charge in [-0.15, -0.1) is 0 Å². The molecule has 0 saturated carbocycles. The van der Waals surface area contributed by atoms with E-state index >= 15 is 0 Å². The fourth-order valence-corrected chi connectivity index (χ4v) is 1.26. The van der Waals surface area contributed by atoms with Gasteiger partial charge in [0.2, 0.25) is 5.88 Å². The topological polar surface area (TPSA) is 88.5 Å². The zero-order valence-electron chi connectivity index (χ0n) is 11.9. The summed E-state index contributed by atoms with van der Waals surface area (Å²) in [5, 5.41) is 11.3. The number of carboxylic acids is 1. The molecule has 0 aliphatic rings. The molecule has 0 aliphatic heterocycles. The summed E-state index contributed by atoms with van der Waals surface area (Å²) in [6, 6.07) is 2.33. The maximum Gasteiger partial charge on any atom is 0.422 e. The van der Waals surface area contributed by atoms with Gasteiger partial charge in [-0.3, -0.25) is 9.59 Å². The van der Waals surface area contributed by atoms with Crippen molar-refractivity contribution in [2.75, 3.05) is 13.2 Å². The second-order valence-corrected chi connectivity index (χ2v) is 5.16. The molecule has 6 nitrogen and oxygen atoms in total. The number of halogens is 3. The zero-order valence-corrected chi connectivity index (χ0v) is 11.9. The minimum Gasteiger partial charge on any atom is -0.481 e. The van der Waals surface area contributed by atoms with E-state index in [-0.39, 0.29) is 18.0 Å². The lowest BCUT2D eigenvalue weighted by Crippen LogP contribution is -2.38. The Hall–Kier alpha value is -2.32. The van der Waals surface area contributed by atoms with Gasteiger partial charge in [0.15, 0.2) is 6.61 Å². The number of aliphatic carboxylic acids is 1. The van der Waals surface area contributed by atoms with Crippen LogP contribution in [0.2, 0.25) is 0 Å². The molecule has 0 unspecified atom stereocenters. The Kier molecular flexibility index (Phi) is 5.34. The van der Waals surface area contributed by atoms with E-state index < -0.39 is 30.1 Å². The monoisotopic (exact) mass is 320 g/mol. The lowest BCUT2D eigenvalue weighted by molar-refractivity contribution is -0.154. The summed E-state index contributed by atoms with van der Waals surface area (Å²) < 4.78 is 40.6. The molecule has 1 heterocycles. The van der Waals surface area contributed by atoms with E-state index in [1.807, 2.05) is 0 Å². The molecule has 1 aromatic heterocycles. The first-order valence-electron chi connectivity index (χ1n) is 6.18. The Balaban J connectivity index is 2.69. The van der Waals surface area contributed by atoms with Crippen LogP contribution in [0.1, 0.15) is 24.2 Å². The molecule has 0 aromatic carbocycles. The second-order valence-electron chi connectivity index (χ2n) is 5.16. The molecule has 1 amide bonds. The number of carboxylic acid groups (broad SMARTS) is 1. The lowest BCUT2D eigenvalue weighted by atomic mass is 9.94. The Morgan fingerprint density at radius 3 is 2.55 bits per heavy atom. The van der Waals surface area contributed by atoms with Crippen molar-refractivity contribution in [1.29, 1.82) is 0 Å². The summed E-state index contributed by atoms with van der Waals surface area (Å²) in [7, 11) is 0. The number of alkyl halides is 3. The average Bonchev–Trinajstić information content (AvgIpc) is 2.42. The van der Waals surface area contributed by atoms with Crippen molar-refractivity contribution in [3.05, 3.63) is 23.9 Å². The molecule has 0 radical (unpaired) electrons. The van der Waals surface area contributed by atoms with Gasteiger partial charge in [-0.25, -0.2) is 4.98 Å². The van der Waals surface area contributed by atoms with Crippen LogP contribution in [0.15, 0.2) is 18.3 Å². The van der Waals surface area contributed by atoms with Gasteiger partial charge in [-0.2, -0.15) is 13.2 Å². The highest BCUT2D eigenvalue weighted by atomic mass is 19.4. The first kappa shape index (κ1) is 17.7. The van der Waals surface area contributed by atoms with Crippen LogP contribution in [0.3, 0.4) is 0 Å². The quantitative estimate of drug-likeness (QED) is 0.835. The number of pyridine rings is 1. The van der Waals surface area contributed by atoms with Crippen molar-refractivity contribution >= 4 is 11.9 Å². The number of carbonyl (C=O) groups excluding carboxylic acids is 1. The van der Waals surface area contributed by atoms with Crippen molar-refractivity contribution in [3.8, 4) is 5.88 Å². The van der Waals surface area contributed by atoms with Crippen molar-refractivity contribution in [3.63, 3.8) is 0 Å². The molecule has 9 heteroatoms. The molecule has 0 fully saturated rings. The molecule has 0 atom stereocenters. The van der Waals surface area contributed by atoms with E-state index in [2.05, 4.69) is 15.0 Å². The lowest BCUT2D eigenvalue weighted by Gasteiger charge is -2.19. The molecule has 0 bridgehead atoms. The Bertz CT molecular complexity index is 558. The SMILES string of the molecule is CC(C)(CNC(=O)c1ccnc(OCC(F)(F)F)c1)C(=O)O. The fourth-order valence-electron chi connectivity index (χ4n) is 1.26. The van der Waals surface area contributed by atoms with Gasteiger partial charge in [-0.05, 0) is 19.9 Å². The first-order valence-corrected chi connectivity index (χ1v) is 6.18. The summed E-state index contributed by atoms with van der Waals surface area (Å²) in [5.41, 5.74) is -1.15. The van der Waals surface area contributed by atoms with Crippen molar-refractivity contribution < 1.29 is 32.6 Å². The van der Waals surface area contributed by atoms with Gasteiger partial charge in [0, 0.05) is 24.4 Å². The predicted octanol–water partition coefficient (Wildman–Crippen LogP) is 1.86. The third-order valence-electron chi connectivity index (χ3n) is 2.65. The van der Waals surface area contributed by atoms with E-state index in [4.69, 9.17) is 5.11 Å². The van der Waals surface area contributed by atoms with Gasteiger partial charge in [-0.1, -0.05) is 0 Å². The second kappa shape index (κ2) is 6.63. The summed E-state index contributed by atoms with van der Waals surface area (Å²) in [5.74, 6) is -2.06. The molecular weight excluding hydrogens is 305 g/mol. The summed E-state index contributed by atoms with van der Waals surface area (Å²) in [6.07, 6.45) is -3.38. The number of nitrogens with one attached hydrogen (secondary N) is 1. The molecule has 122 valence electrons. The minimum atomic E-state index is -4.51. The number of rotatable bonds is 6. The van der Waals surface area contributed by atoms with E-state index in [1.165, 1.54) is 19.9 Å². The third-order valence-corrected chi connectivity index (χ3v) is 2.65. The number of amides is 1. The number of hydrogen-bond donors (Lipinski definition) is 2. The van der Waals surface area contributed by atoms with Crippen LogP contribution in [-0.4, -0.2) is 41.3 Å².